The lowest BCUT2D eigenvalue weighted by Gasteiger charge is -2.35. The van der Waals surface area contributed by atoms with Crippen LogP contribution in [0, 0.1) is 0 Å². The number of nitrogens with one attached hydrogen (secondary N) is 1. The number of fused-ring (bicyclic) bond motifs is 1. The molecule has 32 heavy (non-hydrogen) atoms. The zero-order valence-electron chi connectivity index (χ0n) is 17.6. The first-order valence-corrected chi connectivity index (χ1v) is 10.3. The van der Waals surface area contributed by atoms with Gasteiger partial charge in [0.25, 0.3) is 5.91 Å². The van der Waals surface area contributed by atoms with Crippen LogP contribution in [0.5, 0.6) is 0 Å². The van der Waals surface area contributed by atoms with E-state index in [0.717, 1.165) is 25.3 Å². The van der Waals surface area contributed by atoms with E-state index in [1.54, 1.807) is 11.9 Å². The van der Waals surface area contributed by atoms with E-state index in [9.17, 15) is 18.0 Å². The van der Waals surface area contributed by atoms with E-state index in [1.807, 2.05) is 30.3 Å². The van der Waals surface area contributed by atoms with Gasteiger partial charge in [-0.3, -0.25) is 4.79 Å². The van der Waals surface area contributed by atoms with Gasteiger partial charge in [-0.2, -0.15) is 18.2 Å². The molecule has 2 atom stereocenters. The van der Waals surface area contributed by atoms with Crippen LogP contribution in [0.15, 0.2) is 34.9 Å². The Bertz CT molecular complexity index is 935. The Kier molecular flexibility index (Phi) is 7.17. The van der Waals surface area contributed by atoms with Crippen LogP contribution in [0.4, 0.5) is 13.2 Å². The molecule has 2 fully saturated rings. The molecule has 8 nitrogen and oxygen atoms in total. The van der Waals surface area contributed by atoms with E-state index in [1.165, 1.54) is 19.3 Å². The molecule has 0 unspecified atom stereocenters. The van der Waals surface area contributed by atoms with Crippen molar-refractivity contribution >= 4 is 11.9 Å². The molecule has 1 saturated carbocycles. The number of carbonyl (C=O) groups is 2. The second-order valence-electron chi connectivity index (χ2n) is 8.00. The van der Waals surface area contributed by atoms with Crippen LogP contribution in [-0.2, 0) is 16.8 Å². The molecule has 11 heteroatoms. The molecule has 0 bridgehead atoms. The molecule has 0 spiro atoms. The quantitative estimate of drug-likeness (QED) is 0.731. The Balaban J connectivity index is 0.000000360. The maximum absolute atomic E-state index is 12.5. The standard InChI is InChI=1S/C19H24N4O2.C2HF3O2/c1-23(17(24)14-7-3-2-4-8-14)13-16-21-18(25-22-16)19-10-6-5-9-15(19)20-12-11-19;3-2(4,5)1(6)7/h2-4,7-8,15,20H,5-6,9-13H2,1H3;(H,6,7)/t15-,19+;/m0./s1. The summed E-state index contributed by atoms with van der Waals surface area (Å²) >= 11 is 0. The lowest BCUT2D eigenvalue weighted by atomic mass is 9.70. The molecule has 1 saturated heterocycles. The third kappa shape index (κ3) is 5.26. The van der Waals surface area contributed by atoms with Gasteiger partial charge in [0.2, 0.25) is 5.89 Å². The van der Waals surface area contributed by atoms with Crippen molar-refractivity contribution in [3.8, 4) is 0 Å². The first-order chi connectivity index (χ1) is 15.1. The first kappa shape index (κ1) is 23.7. The van der Waals surface area contributed by atoms with Gasteiger partial charge in [-0.05, 0) is 37.9 Å². The predicted molar refractivity (Wildman–Crippen MR) is 107 cm³/mol. The van der Waals surface area contributed by atoms with E-state index in [0.29, 0.717) is 24.0 Å². The Hall–Kier alpha value is -2.95. The van der Waals surface area contributed by atoms with Crippen LogP contribution >= 0.6 is 0 Å². The second-order valence-corrected chi connectivity index (χ2v) is 8.00. The van der Waals surface area contributed by atoms with Gasteiger partial charge in [-0.25, -0.2) is 4.79 Å². The normalized spacial score (nSPS) is 22.4. The van der Waals surface area contributed by atoms with Crippen molar-refractivity contribution in [1.82, 2.24) is 20.4 Å². The molecule has 1 aliphatic heterocycles. The van der Waals surface area contributed by atoms with E-state index in [2.05, 4.69) is 15.5 Å². The zero-order valence-corrected chi connectivity index (χ0v) is 17.6. The highest BCUT2D eigenvalue weighted by molar-refractivity contribution is 5.93. The minimum absolute atomic E-state index is 0.00842. The van der Waals surface area contributed by atoms with Gasteiger partial charge < -0.3 is 19.8 Å². The number of amides is 1. The second kappa shape index (κ2) is 9.68. The average Bonchev–Trinajstić information content (AvgIpc) is 3.41. The highest BCUT2D eigenvalue weighted by atomic mass is 19.4. The summed E-state index contributed by atoms with van der Waals surface area (Å²) in [6, 6.07) is 9.70. The van der Waals surface area contributed by atoms with Crippen LogP contribution in [0.2, 0.25) is 0 Å². The Morgan fingerprint density at radius 1 is 1.25 bits per heavy atom. The first-order valence-electron chi connectivity index (χ1n) is 10.3. The van der Waals surface area contributed by atoms with Gasteiger partial charge in [0, 0.05) is 18.7 Å². The van der Waals surface area contributed by atoms with Crippen molar-refractivity contribution < 1.29 is 32.4 Å². The zero-order chi connectivity index (χ0) is 23.4. The van der Waals surface area contributed by atoms with Gasteiger partial charge in [-0.1, -0.05) is 36.2 Å². The third-order valence-electron chi connectivity index (χ3n) is 5.88. The SMILES string of the molecule is CN(Cc1noc([C@@]23CCCC[C@@H]2NCC3)n1)C(=O)c1ccccc1.O=C(O)C(F)(F)F. The molecule has 174 valence electrons. The number of carboxylic acid groups (broad SMARTS) is 1. The third-order valence-corrected chi connectivity index (χ3v) is 5.88. The van der Waals surface area contributed by atoms with Gasteiger partial charge in [-0.15, -0.1) is 0 Å². The summed E-state index contributed by atoms with van der Waals surface area (Å²) in [4.78, 5) is 27.7. The van der Waals surface area contributed by atoms with Gasteiger partial charge in [0.1, 0.15) is 0 Å². The monoisotopic (exact) mass is 454 g/mol. The van der Waals surface area contributed by atoms with Crippen LogP contribution in [-0.4, -0.2) is 57.8 Å². The van der Waals surface area contributed by atoms with Crippen molar-refractivity contribution in [1.29, 1.82) is 0 Å². The fourth-order valence-corrected chi connectivity index (χ4v) is 4.27. The van der Waals surface area contributed by atoms with E-state index < -0.39 is 12.1 Å². The van der Waals surface area contributed by atoms with Crippen LogP contribution in [0.3, 0.4) is 0 Å². The van der Waals surface area contributed by atoms with Gasteiger partial charge >= 0.3 is 12.1 Å². The molecule has 2 aliphatic rings. The van der Waals surface area contributed by atoms with E-state index >= 15 is 0 Å². The van der Waals surface area contributed by atoms with Crippen molar-refractivity contribution in [2.45, 2.75) is 56.3 Å². The molecular formula is C21H25F3N4O4. The number of halogens is 3. The highest BCUT2D eigenvalue weighted by Crippen LogP contribution is 2.44. The fourth-order valence-electron chi connectivity index (χ4n) is 4.27. The number of benzene rings is 1. The molecule has 1 amide bonds. The van der Waals surface area contributed by atoms with Crippen LogP contribution in [0.1, 0.15) is 54.2 Å². The summed E-state index contributed by atoms with van der Waals surface area (Å²) in [7, 11) is 1.77. The lowest BCUT2D eigenvalue weighted by Crippen LogP contribution is -2.43. The molecule has 4 rings (SSSR count). The maximum Gasteiger partial charge on any atom is 0.490 e. The molecular weight excluding hydrogens is 429 g/mol. The number of rotatable bonds is 4. The van der Waals surface area contributed by atoms with Crippen LogP contribution < -0.4 is 5.32 Å². The Morgan fingerprint density at radius 3 is 2.59 bits per heavy atom. The predicted octanol–water partition coefficient (Wildman–Crippen LogP) is 3.15. The van der Waals surface area contributed by atoms with Crippen molar-refractivity contribution in [3.05, 3.63) is 47.6 Å². The average molecular weight is 454 g/mol. The maximum atomic E-state index is 12.5. The number of nitrogens with zero attached hydrogens (tertiary/aromatic N) is 3. The highest BCUT2D eigenvalue weighted by Gasteiger charge is 2.49. The Labute approximate surface area is 182 Å². The lowest BCUT2D eigenvalue weighted by molar-refractivity contribution is -0.192. The minimum Gasteiger partial charge on any atom is -0.475 e. The molecule has 0 radical (unpaired) electrons. The Morgan fingerprint density at radius 2 is 1.94 bits per heavy atom. The van der Waals surface area contributed by atoms with Crippen LogP contribution in [0.25, 0.3) is 0 Å². The summed E-state index contributed by atoms with van der Waals surface area (Å²) in [6.07, 6.45) is 0.713. The summed E-state index contributed by atoms with van der Waals surface area (Å²) in [6.45, 7) is 1.36. The number of carboxylic acids is 1. The van der Waals surface area contributed by atoms with E-state index in [-0.39, 0.29) is 11.3 Å². The number of alkyl halides is 3. The van der Waals surface area contributed by atoms with Gasteiger partial charge in [0.15, 0.2) is 5.82 Å². The summed E-state index contributed by atoms with van der Waals surface area (Å²) in [5.74, 6) is -1.47. The minimum atomic E-state index is -5.08. The molecule has 2 N–H and O–H groups in total. The number of aliphatic carboxylic acids is 1. The molecule has 2 heterocycles. The summed E-state index contributed by atoms with van der Waals surface area (Å²) in [5.41, 5.74) is 0.658. The molecule has 1 aromatic carbocycles. The largest absolute Gasteiger partial charge is 0.490 e. The number of carbonyl (C=O) groups excluding carboxylic acids is 1. The topological polar surface area (TPSA) is 109 Å². The van der Waals surface area contributed by atoms with Gasteiger partial charge in [0.05, 0.1) is 12.0 Å². The van der Waals surface area contributed by atoms with Crippen molar-refractivity contribution in [2.75, 3.05) is 13.6 Å². The summed E-state index contributed by atoms with van der Waals surface area (Å²) in [5, 5.41) is 14.9. The summed E-state index contributed by atoms with van der Waals surface area (Å²) < 4.78 is 37.4. The molecule has 1 aliphatic carbocycles. The van der Waals surface area contributed by atoms with E-state index in [4.69, 9.17) is 14.4 Å². The number of hydrogen-bond acceptors (Lipinski definition) is 6. The molecule has 1 aromatic heterocycles. The van der Waals surface area contributed by atoms with Crippen molar-refractivity contribution in [3.63, 3.8) is 0 Å². The smallest absolute Gasteiger partial charge is 0.475 e. The fraction of sp³-hybridized carbons (Fsp3) is 0.524. The number of aromatic nitrogens is 2. The number of hydrogen-bond donors (Lipinski definition) is 2. The molecule has 2 aromatic rings. The van der Waals surface area contributed by atoms with Crippen molar-refractivity contribution in [2.24, 2.45) is 0 Å².